The zero-order chi connectivity index (χ0) is 15.0. The quantitative estimate of drug-likeness (QED) is 0.817. The van der Waals surface area contributed by atoms with E-state index in [4.69, 9.17) is 0 Å². The summed E-state index contributed by atoms with van der Waals surface area (Å²) in [5.74, 6) is 1.40. The first-order valence-electron chi connectivity index (χ1n) is 9.48. The highest BCUT2D eigenvalue weighted by atomic mass is 16.2. The first-order chi connectivity index (χ1) is 10.7. The molecule has 4 heteroatoms. The van der Waals surface area contributed by atoms with Crippen molar-refractivity contribution in [1.82, 2.24) is 15.5 Å². The lowest BCUT2D eigenvalue weighted by Gasteiger charge is -2.46. The molecular weight excluding hydrogens is 274 g/mol. The lowest BCUT2D eigenvalue weighted by atomic mass is 9.65. The summed E-state index contributed by atoms with van der Waals surface area (Å²) in [4.78, 5) is 15.2. The van der Waals surface area contributed by atoms with Crippen LogP contribution in [0.3, 0.4) is 0 Å². The number of carbonyl (C=O) groups is 1. The van der Waals surface area contributed by atoms with E-state index >= 15 is 0 Å². The van der Waals surface area contributed by atoms with Crippen LogP contribution in [0.2, 0.25) is 0 Å². The Hall–Kier alpha value is -0.610. The first-order valence-corrected chi connectivity index (χ1v) is 9.48. The maximum Gasteiger partial charge on any atom is 0.223 e. The van der Waals surface area contributed by atoms with E-state index in [0.717, 1.165) is 25.3 Å². The van der Waals surface area contributed by atoms with Crippen LogP contribution in [0.25, 0.3) is 0 Å². The largest absolute Gasteiger partial charge is 0.352 e. The van der Waals surface area contributed by atoms with Crippen LogP contribution in [0.4, 0.5) is 0 Å². The average Bonchev–Trinajstić information content (AvgIpc) is 2.57. The Labute approximate surface area is 134 Å². The third-order valence-corrected chi connectivity index (χ3v) is 7.07. The SMILES string of the molecule is O=C(N[C@H]1CN2CCC1CC2)C1CCC2(CCNCC2)CC1. The van der Waals surface area contributed by atoms with E-state index in [1.54, 1.807) is 0 Å². The minimum absolute atomic E-state index is 0.288. The molecule has 4 heterocycles. The molecule has 5 rings (SSSR count). The van der Waals surface area contributed by atoms with Gasteiger partial charge in [0, 0.05) is 18.5 Å². The summed E-state index contributed by atoms with van der Waals surface area (Å²) in [5.41, 5.74) is 0.567. The molecule has 1 spiro atoms. The van der Waals surface area contributed by atoms with E-state index in [0.29, 0.717) is 17.4 Å². The Balaban J connectivity index is 1.29. The maximum absolute atomic E-state index is 12.7. The normalized spacial score (nSPS) is 38.1. The topological polar surface area (TPSA) is 44.4 Å². The first kappa shape index (κ1) is 14.9. The molecule has 4 saturated heterocycles. The van der Waals surface area contributed by atoms with Crippen molar-refractivity contribution in [3.63, 3.8) is 0 Å². The smallest absolute Gasteiger partial charge is 0.223 e. The van der Waals surface area contributed by atoms with Gasteiger partial charge in [0.05, 0.1) is 0 Å². The van der Waals surface area contributed by atoms with Crippen molar-refractivity contribution in [3.8, 4) is 0 Å². The highest BCUT2D eigenvalue weighted by Crippen LogP contribution is 2.45. The molecule has 0 aromatic heterocycles. The van der Waals surface area contributed by atoms with Crippen LogP contribution in [0, 0.1) is 17.3 Å². The van der Waals surface area contributed by atoms with Crippen molar-refractivity contribution in [3.05, 3.63) is 0 Å². The molecule has 2 bridgehead atoms. The van der Waals surface area contributed by atoms with Gasteiger partial charge in [0.2, 0.25) is 5.91 Å². The van der Waals surface area contributed by atoms with Gasteiger partial charge in [-0.1, -0.05) is 0 Å². The predicted octanol–water partition coefficient (Wildman–Crippen LogP) is 1.76. The molecule has 1 atom stereocenters. The van der Waals surface area contributed by atoms with Gasteiger partial charge in [0.15, 0.2) is 0 Å². The lowest BCUT2D eigenvalue weighted by molar-refractivity contribution is -0.129. The zero-order valence-electron chi connectivity index (χ0n) is 13.8. The Morgan fingerprint density at radius 1 is 1.00 bits per heavy atom. The molecule has 0 aromatic rings. The summed E-state index contributed by atoms with van der Waals surface area (Å²) in [6, 6.07) is 0.435. The van der Waals surface area contributed by atoms with Crippen molar-refractivity contribution in [2.24, 2.45) is 17.3 Å². The van der Waals surface area contributed by atoms with Crippen LogP contribution in [0.15, 0.2) is 0 Å². The molecule has 0 aromatic carbocycles. The van der Waals surface area contributed by atoms with Gasteiger partial charge in [-0.3, -0.25) is 4.79 Å². The molecule has 0 radical (unpaired) electrons. The fraction of sp³-hybridized carbons (Fsp3) is 0.944. The van der Waals surface area contributed by atoms with Crippen LogP contribution in [-0.2, 0) is 4.79 Å². The molecule has 1 saturated carbocycles. The standard InChI is InChI=1S/C18H31N3O/c22-17(20-16-13-21-11-3-14(16)4-12-21)15-1-5-18(6-2-15)7-9-19-10-8-18/h14-16,19H,1-13H2,(H,20,22)/t16-/m0/s1. The van der Waals surface area contributed by atoms with Crippen molar-refractivity contribution in [2.45, 2.75) is 57.4 Å². The third-order valence-electron chi connectivity index (χ3n) is 7.07. The molecule has 4 aliphatic heterocycles. The van der Waals surface area contributed by atoms with Gasteiger partial charge in [-0.25, -0.2) is 0 Å². The highest BCUT2D eigenvalue weighted by molar-refractivity contribution is 5.79. The van der Waals surface area contributed by atoms with E-state index in [9.17, 15) is 4.79 Å². The van der Waals surface area contributed by atoms with Gasteiger partial charge in [-0.05, 0) is 88.9 Å². The number of piperidine rings is 4. The molecular formula is C18H31N3O. The molecule has 1 amide bonds. The summed E-state index contributed by atoms with van der Waals surface area (Å²) >= 11 is 0. The summed E-state index contributed by atoms with van der Waals surface area (Å²) in [6.45, 7) is 5.94. The van der Waals surface area contributed by atoms with E-state index in [1.165, 1.54) is 64.7 Å². The number of hydrogen-bond acceptors (Lipinski definition) is 3. The molecule has 4 nitrogen and oxygen atoms in total. The van der Waals surface area contributed by atoms with Crippen LogP contribution in [-0.4, -0.2) is 49.6 Å². The molecule has 5 aliphatic rings. The monoisotopic (exact) mass is 305 g/mol. The van der Waals surface area contributed by atoms with Gasteiger partial charge in [-0.15, -0.1) is 0 Å². The molecule has 2 N–H and O–H groups in total. The predicted molar refractivity (Wildman–Crippen MR) is 87.6 cm³/mol. The summed E-state index contributed by atoms with van der Waals surface area (Å²) in [7, 11) is 0. The van der Waals surface area contributed by atoms with Gasteiger partial charge in [0.25, 0.3) is 0 Å². The molecule has 0 unspecified atom stereocenters. The average molecular weight is 305 g/mol. The van der Waals surface area contributed by atoms with E-state index in [-0.39, 0.29) is 5.92 Å². The second-order valence-corrected chi connectivity index (χ2v) is 8.28. The lowest BCUT2D eigenvalue weighted by Crippen LogP contribution is -2.58. The van der Waals surface area contributed by atoms with Crippen LogP contribution in [0.1, 0.15) is 51.4 Å². The Morgan fingerprint density at radius 3 is 2.27 bits per heavy atom. The van der Waals surface area contributed by atoms with Crippen LogP contribution < -0.4 is 10.6 Å². The molecule has 1 aliphatic carbocycles. The number of carbonyl (C=O) groups excluding carboxylic acids is 1. The fourth-order valence-corrected chi connectivity index (χ4v) is 5.38. The van der Waals surface area contributed by atoms with Gasteiger partial charge >= 0.3 is 0 Å². The molecule has 5 fully saturated rings. The highest BCUT2D eigenvalue weighted by Gasteiger charge is 2.40. The minimum Gasteiger partial charge on any atom is -0.352 e. The Kier molecular flexibility index (Phi) is 4.16. The van der Waals surface area contributed by atoms with Crippen LogP contribution >= 0.6 is 0 Å². The maximum atomic E-state index is 12.7. The Bertz CT molecular complexity index is 401. The number of fused-ring (bicyclic) bond motifs is 3. The van der Waals surface area contributed by atoms with Crippen LogP contribution in [0.5, 0.6) is 0 Å². The second-order valence-electron chi connectivity index (χ2n) is 8.28. The third kappa shape index (κ3) is 2.92. The summed E-state index contributed by atoms with van der Waals surface area (Å²) in [5, 5.41) is 6.89. The minimum atomic E-state index is 0.288. The van der Waals surface area contributed by atoms with Crippen molar-refractivity contribution in [2.75, 3.05) is 32.7 Å². The molecule has 124 valence electrons. The number of nitrogens with one attached hydrogen (secondary N) is 2. The van der Waals surface area contributed by atoms with Gasteiger partial charge in [0.1, 0.15) is 0 Å². The van der Waals surface area contributed by atoms with Crippen molar-refractivity contribution in [1.29, 1.82) is 0 Å². The number of rotatable bonds is 2. The van der Waals surface area contributed by atoms with Crippen molar-refractivity contribution >= 4 is 5.91 Å². The van der Waals surface area contributed by atoms with E-state index < -0.39 is 0 Å². The Morgan fingerprint density at radius 2 is 1.68 bits per heavy atom. The molecule has 22 heavy (non-hydrogen) atoms. The number of nitrogens with zero attached hydrogens (tertiary/aromatic N) is 1. The summed E-state index contributed by atoms with van der Waals surface area (Å²) in [6.07, 6.45) is 9.99. The van der Waals surface area contributed by atoms with Gasteiger partial charge in [-0.2, -0.15) is 0 Å². The zero-order valence-corrected chi connectivity index (χ0v) is 13.8. The van der Waals surface area contributed by atoms with E-state index in [2.05, 4.69) is 15.5 Å². The number of amides is 1. The van der Waals surface area contributed by atoms with E-state index in [1.807, 2.05) is 0 Å². The second kappa shape index (κ2) is 6.12. The van der Waals surface area contributed by atoms with Crippen molar-refractivity contribution < 1.29 is 4.79 Å². The number of hydrogen-bond donors (Lipinski definition) is 2. The summed E-state index contributed by atoms with van der Waals surface area (Å²) < 4.78 is 0. The van der Waals surface area contributed by atoms with Gasteiger partial charge < -0.3 is 15.5 Å². The fourth-order valence-electron chi connectivity index (χ4n) is 5.38.